The number of hydrogen-bond acceptors (Lipinski definition) is 2. The molecule has 1 fully saturated rings. The number of hydrogen-bond donors (Lipinski definition) is 1. The Bertz CT molecular complexity index is 424. The van der Waals surface area contributed by atoms with Gasteiger partial charge in [0.1, 0.15) is 5.78 Å². The lowest BCUT2D eigenvalue weighted by Crippen LogP contribution is -2.42. The average Bonchev–Trinajstić information content (AvgIpc) is 2.39. The molecule has 1 saturated heterocycles. The van der Waals surface area contributed by atoms with Crippen LogP contribution in [0.1, 0.15) is 31.7 Å². The van der Waals surface area contributed by atoms with E-state index in [1.54, 1.807) is 0 Å². The van der Waals surface area contributed by atoms with Gasteiger partial charge in [-0.3, -0.25) is 4.79 Å². The topological polar surface area (TPSA) is 29.1 Å². The Kier molecular flexibility index (Phi) is 4.41. The Labute approximate surface area is 114 Å². The van der Waals surface area contributed by atoms with Gasteiger partial charge in [0.15, 0.2) is 0 Å². The van der Waals surface area contributed by atoms with Gasteiger partial charge < -0.3 is 5.32 Å². The third-order valence-corrected chi connectivity index (χ3v) is 4.32. The Balaban J connectivity index is 2.10. The number of Topliss-reactive ketones (excluding diaryl/α,β-unsaturated/α-hetero) is 1. The van der Waals surface area contributed by atoms with Crippen LogP contribution in [0.3, 0.4) is 0 Å². The lowest BCUT2D eigenvalue weighted by atomic mass is 9.72. The van der Waals surface area contributed by atoms with E-state index < -0.39 is 0 Å². The third kappa shape index (κ3) is 2.93. The summed E-state index contributed by atoms with van der Waals surface area (Å²) in [7, 11) is 0. The Morgan fingerprint density at radius 1 is 1.39 bits per heavy atom. The van der Waals surface area contributed by atoms with Crippen LogP contribution in [-0.2, 0) is 11.2 Å². The molecule has 1 aliphatic heterocycles. The largest absolute Gasteiger partial charge is 0.317 e. The molecule has 98 valence electrons. The first-order valence-corrected chi connectivity index (χ1v) is 7.02. The summed E-state index contributed by atoms with van der Waals surface area (Å²) >= 11 is 5.96. The number of benzene rings is 1. The molecule has 2 nitrogen and oxygen atoms in total. The van der Waals surface area contributed by atoms with Crippen molar-refractivity contribution < 1.29 is 4.79 Å². The number of carbonyl (C=O) groups is 1. The zero-order valence-electron chi connectivity index (χ0n) is 10.8. The zero-order valence-corrected chi connectivity index (χ0v) is 11.6. The fraction of sp³-hybridized carbons (Fsp3) is 0.533. The highest BCUT2D eigenvalue weighted by Crippen LogP contribution is 2.34. The molecule has 0 spiro atoms. The molecule has 0 radical (unpaired) electrons. The van der Waals surface area contributed by atoms with Gasteiger partial charge in [0.25, 0.3) is 0 Å². The van der Waals surface area contributed by atoms with Crippen molar-refractivity contribution in [3.63, 3.8) is 0 Å². The standard InChI is InChI=1S/C15H20ClNO/c1-2-15(6-8-17-9-7-15)14(18)11-12-4-3-5-13(16)10-12/h3-5,10,17H,2,6-9,11H2,1H3. The highest BCUT2D eigenvalue weighted by molar-refractivity contribution is 6.30. The maximum atomic E-state index is 12.6. The zero-order chi connectivity index (χ0) is 13.0. The van der Waals surface area contributed by atoms with Crippen LogP contribution < -0.4 is 5.32 Å². The van der Waals surface area contributed by atoms with Crippen molar-refractivity contribution in [3.05, 3.63) is 34.9 Å². The van der Waals surface area contributed by atoms with Crippen LogP contribution in [0, 0.1) is 5.41 Å². The molecule has 0 saturated carbocycles. The second kappa shape index (κ2) is 5.85. The van der Waals surface area contributed by atoms with Crippen molar-refractivity contribution in [2.45, 2.75) is 32.6 Å². The first-order valence-electron chi connectivity index (χ1n) is 6.65. The molecule has 0 bridgehead atoms. The van der Waals surface area contributed by atoms with Crippen LogP contribution in [-0.4, -0.2) is 18.9 Å². The molecular formula is C15H20ClNO. The predicted molar refractivity (Wildman–Crippen MR) is 75.0 cm³/mol. The Hall–Kier alpha value is -0.860. The number of halogens is 1. The molecule has 1 aliphatic rings. The fourth-order valence-corrected chi connectivity index (χ4v) is 2.97. The summed E-state index contributed by atoms with van der Waals surface area (Å²) in [5.74, 6) is 0.369. The number of ketones is 1. The molecule has 3 heteroatoms. The van der Waals surface area contributed by atoms with Gasteiger partial charge in [-0.25, -0.2) is 0 Å². The van der Waals surface area contributed by atoms with E-state index in [0.29, 0.717) is 17.2 Å². The van der Waals surface area contributed by atoms with Crippen molar-refractivity contribution in [1.82, 2.24) is 5.32 Å². The highest BCUT2D eigenvalue weighted by atomic mass is 35.5. The molecule has 1 N–H and O–H groups in total. The number of rotatable bonds is 4. The lowest BCUT2D eigenvalue weighted by Gasteiger charge is -2.35. The average molecular weight is 266 g/mol. The van der Waals surface area contributed by atoms with E-state index in [9.17, 15) is 4.79 Å². The number of nitrogens with one attached hydrogen (secondary N) is 1. The number of piperidine rings is 1. The van der Waals surface area contributed by atoms with E-state index in [4.69, 9.17) is 11.6 Å². The second-order valence-electron chi connectivity index (χ2n) is 5.11. The smallest absolute Gasteiger partial charge is 0.143 e. The molecule has 0 atom stereocenters. The quantitative estimate of drug-likeness (QED) is 0.906. The van der Waals surface area contributed by atoms with E-state index in [-0.39, 0.29) is 5.41 Å². The van der Waals surface area contributed by atoms with Crippen LogP contribution in [0.2, 0.25) is 5.02 Å². The molecule has 0 amide bonds. The van der Waals surface area contributed by atoms with Crippen LogP contribution >= 0.6 is 11.6 Å². The molecule has 0 unspecified atom stereocenters. The molecule has 1 aromatic rings. The van der Waals surface area contributed by atoms with Crippen LogP contribution in [0.5, 0.6) is 0 Å². The summed E-state index contributed by atoms with van der Waals surface area (Å²) in [6, 6.07) is 7.62. The number of carbonyl (C=O) groups excluding carboxylic acids is 1. The van der Waals surface area contributed by atoms with Crippen LogP contribution in [0.15, 0.2) is 24.3 Å². The Morgan fingerprint density at radius 2 is 2.11 bits per heavy atom. The summed E-state index contributed by atoms with van der Waals surface area (Å²) in [6.07, 6.45) is 3.37. The van der Waals surface area contributed by atoms with E-state index in [0.717, 1.165) is 37.9 Å². The van der Waals surface area contributed by atoms with E-state index >= 15 is 0 Å². The maximum Gasteiger partial charge on any atom is 0.143 e. The summed E-state index contributed by atoms with van der Waals surface area (Å²) in [4.78, 5) is 12.6. The van der Waals surface area contributed by atoms with E-state index in [2.05, 4.69) is 12.2 Å². The minimum atomic E-state index is -0.117. The summed E-state index contributed by atoms with van der Waals surface area (Å²) in [5.41, 5.74) is 0.909. The fourth-order valence-electron chi connectivity index (χ4n) is 2.75. The predicted octanol–water partition coefficient (Wildman–Crippen LogP) is 3.23. The van der Waals surface area contributed by atoms with Gasteiger partial charge in [-0.1, -0.05) is 30.7 Å². The normalized spacial score (nSPS) is 18.6. The van der Waals surface area contributed by atoms with Gasteiger partial charge in [0, 0.05) is 16.9 Å². The van der Waals surface area contributed by atoms with Crippen molar-refractivity contribution in [2.75, 3.05) is 13.1 Å². The minimum Gasteiger partial charge on any atom is -0.317 e. The summed E-state index contributed by atoms with van der Waals surface area (Å²) in [6.45, 7) is 4.03. The Morgan fingerprint density at radius 3 is 2.72 bits per heavy atom. The molecule has 18 heavy (non-hydrogen) atoms. The third-order valence-electron chi connectivity index (χ3n) is 4.08. The van der Waals surface area contributed by atoms with E-state index in [1.165, 1.54) is 0 Å². The van der Waals surface area contributed by atoms with Crippen molar-refractivity contribution in [1.29, 1.82) is 0 Å². The van der Waals surface area contributed by atoms with Gasteiger partial charge in [-0.2, -0.15) is 0 Å². The van der Waals surface area contributed by atoms with Crippen molar-refractivity contribution in [2.24, 2.45) is 5.41 Å². The molecular weight excluding hydrogens is 246 g/mol. The van der Waals surface area contributed by atoms with Crippen molar-refractivity contribution in [3.8, 4) is 0 Å². The molecule has 1 aromatic carbocycles. The summed E-state index contributed by atoms with van der Waals surface area (Å²) in [5, 5.41) is 4.03. The van der Waals surface area contributed by atoms with Crippen molar-refractivity contribution >= 4 is 17.4 Å². The van der Waals surface area contributed by atoms with Gasteiger partial charge in [-0.05, 0) is 50.0 Å². The van der Waals surface area contributed by atoms with E-state index in [1.807, 2.05) is 24.3 Å². The molecule has 2 rings (SSSR count). The molecule has 1 heterocycles. The first kappa shape index (κ1) is 13.6. The minimum absolute atomic E-state index is 0.117. The van der Waals surface area contributed by atoms with Gasteiger partial charge in [0.05, 0.1) is 0 Å². The van der Waals surface area contributed by atoms with Gasteiger partial charge in [-0.15, -0.1) is 0 Å². The molecule has 0 aliphatic carbocycles. The summed E-state index contributed by atoms with van der Waals surface area (Å²) < 4.78 is 0. The second-order valence-corrected chi connectivity index (χ2v) is 5.55. The van der Waals surface area contributed by atoms with Gasteiger partial charge >= 0.3 is 0 Å². The SMILES string of the molecule is CCC1(C(=O)Cc2cccc(Cl)c2)CCNCC1. The van der Waals surface area contributed by atoms with Gasteiger partial charge in [0.2, 0.25) is 0 Å². The van der Waals surface area contributed by atoms with Crippen LogP contribution in [0.4, 0.5) is 0 Å². The monoisotopic (exact) mass is 265 g/mol. The maximum absolute atomic E-state index is 12.6. The highest BCUT2D eigenvalue weighted by Gasteiger charge is 2.36. The molecule has 0 aromatic heterocycles. The van der Waals surface area contributed by atoms with Crippen LogP contribution in [0.25, 0.3) is 0 Å². The lowest BCUT2D eigenvalue weighted by molar-refractivity contribution is -0.129. The first-order chi connectivity index (χ1) is 8.66.